The molecule has 1 fully saturated rings. The lowest BCUT2D eigenvalue weighted by Gasteiger charge is -2.15. The van der Waals surface area contributed by atoms with Crippen LogP contribution >= 0.6 is 0 Å². The predicted octanol–water partition coefficient (Wildman–Crippen LogP) is 2.91. The molecule has 2 aromatic carbocycles. The van der Waals surface area contributed by atoms with Gasteiger partial charge in [-0.15, -0.1) is 0 Å². The van der Waals surface area contributed by atoms with Crippen LogP contribution in [0.2, 0.25) is 0 Å². The molecule has 0 atom stereocenters. The van der Waals surface area contributed by atoms with Gasteiger partial charge in [0.15, 0.2) is 9.84 Å². The van der Waals surface area contributed by atoms with Crippen molar-refractivity contribution in [3.63, 3.8) is 0 Å². The maximum atomic E-state index is 12.5. The molecule has 0 unspecified atom stereocenters. The van der Waals surface area contributed by atoms with E-state index in [9.17, 15) is 18.0 Å². The van der Waals surface area contributed by atoms with Gasteiger partial charge in [-0.3, -0.25) is 9.59 Å². The molecular formula is C22H26N2O4S. The van der Waals surface area contributed by atoms with Crippen molar-refractivity contribution >= 4 is 27.3 Å². The molecule has 0 aromatic heterocycles. The lowest BCUT2D eigenvalue weighted by Crippen LogP contribution is -2.28. The number of nitrogens with zero attached hydrogens (tertiary/aromatic N) is 1. The summed E-state index contributed by atoms with van der Waals surface area (Å²) in [4.78, 5) is 26.5. The highest BCUT2D eigenvalue weighted by Gasteiger charge is 2.20. The number of likely N-dealkylation sites (tertiary alicyclic amines) is 1. The number of hydrogen-bond donors (Lipinski definition) is 1. The topological polar surface area (TPSA) is 83.5 Å². The highest BCUT2D eigenvalue weighted by atomic mass is 32.2. The minimum atomic E-state index is -3.50. The van der Waals surface area contributed by atoms with E-state index in [0.717, 1.165) is 31.5 Å². The number of anilines is 1. The molecule has 1 N–H and O–H groups in total. The molecule has 0 bridgehead atoms. The summed E-state index contributed by atoms with van der Waals surface area (Å²) < 4.78 is 24.5. The Kier molecular flexibility index (Phi) is 7.04. The van der Waals surface area contributed by atoms with Gasteiger partial charge >= 0.3 is 0 Å². The van der Waals surface area contributed by atoms with Gasteiger partial charge in [0.2, 0.25) is 5.91 Å². The van der Waals surface area contributed by atoms with Gasteiger partial charge in [-0.05, 0) is 49.4 Å². The van der Waals surface area contributed by atoms with Crippen LogP contribution in [0, 0.1) is 0 Å². The molecule has 1 aliphatic rings. The number of rotatable bonds is 8. The molecule has 154 valence electrons. The second-order valence-electron chi connectivity index (χ2n) is 7.31. The molecule has 1 heterocycles. The zero-order chi connectivity index (χ0) is 20.7. The van der Waals surface area contributed by atoms with Crippen molar-refractivity contribution in [2.45, 2.75) is 25.7 Å². The average Bonchev–Trinajstić information content (AvgIpc) is 3.22. The molecule has 2 aromatic rings. The van der Waals surface area contributed by atoms with E-state index in [1.54, 1.807) is 29.2 Å². The third-order valence-electron chi connectivity index (χ3n) is 4.90. The monoisotopic (exact) mass is 414 g/mol. The van der Waals surface area contributed by atoms with Crippen LogP contribution in [0.15, 0.2) is 54.6 Å². The fourth-order valence-electron chi connectivity index (χ4n) is 3.44. The minimum absolute atomic E-state index is 0.0389. The molecule has 0 aliphatic carbocycles. The first kappa shape index (κ1) is 21.0. The van der Waals surface area contributed by atoms with Gasteiger partial charge in [0.25, 0.3) is 5.91 Å². The Hall–Kier alpha value is -2.67. The number of sulfone groups is 1. The molecule has 0 radical (unpaired) electrons. The van der Waals surface area contributed by atoms with Gasteiger partial charge in [-0.2, -0.15) is 0 Å². The highest BCUT2D eigenvalue weighted by Crippen LogP contribution is 2.16. The van der Waals surface area contributed by atoms with Crippen LogP contribution in [-0.4, -0.2) is 49.7 Å². The van der Waals surface area contributed by atoms with Crippen molar-refractivity contribution in [1.29, 1.82) is 0 Å². The second-order valence-corrected chi connectivity index (χ2v) is 9.49. The molecule has 7 heteroatoms. The fraction of sp³-hybridized carbons (Fsp3) is 0.364. The molecule has 2 amide bonds. The van der Waals surface area contributed by atoms with E-state index in [2.05, 4.69) is 5.32 Å². The van der Waals surface area contributed by atoms with Crippen LogP contribution in [0.3, 0.4) is 0 Å². The standard InChI is InChI=1S/C22H26N2O4S/c25-21(17-29(27,28)15-7-10-18-8-2-1-3-9-18)23-20-12-6-11-19(16-20)22(26)24-13-4-5-14-24/h1-3,6,8-9,11-12,16H,4-5,7,10,13-15,17H2,(H,23,25). The van der Waals surface area contributed by atoms with E-state index in [1.165, 1.54) is 0 Å². The van der Waals surface area contributed by atoms with Gasteiger partial charge in [0.1, 0.15) is 5.75 Å². The predicted molar refractivity (Wildman–Crippen MR) is 114 cm³/mol. The van der Waals surface area contributed by atoms with Crippen LogP contribution < -0.4 is 5.32 Å². The summed E-state index contributed by atoms with van der Waals surface area (Å²) >= 11 is 0. The Bertz CT molecular complexity index is 952. The van der Waals surface area contributed by atoms with Crippen LogP contribution in [0.25, 0.3) is 0 Å². The quantitative estimate of drug-likeness (QED) is 0.720. The van der Waals surface area contributed by atoms with Crippen LogP contribution in [0.5, 0.6) is 0 Å². The van der Waals surface area contributed by atoms with Crippen molar-refractivity contribution in [2.75, 3.05) is 29.9 Å². The van der Waals surface area contributed by atoms with Gasteiger partial charge in [0.05, 0.1) is 5.75 Å². The minimum Gasteiger partial charge on any atom is -0.339 e. The summed E-state index contributed by atoms with van der Waals surface area (Å²) in [5.74, 6) is -1.25. The molecular weight excluding hydrogens is 388 g/mol. The molecule has 29 heavy (non-hydrogen) atoms. The zero-order valence-corrected chi connectivity index (χ0v) is 17.2. The van der Waals surface area contributed by atoms with E-state index in [1.807, 2.05) is 30.3 Å². The molecule has 0 spiro atoms. The lowest BCUT2D eigenvalue weighted by molar-refractivity contribution is -0.113. The number of carbonyl (C=O) groups is 2. The number of aryl methyl sites for hydroxylation is 1. The van der Waals surface area contributed by atoms with Crippen molar-refractivity contribution in [3.05, 3.63) is 65.7 Å². The first-order chi connectivity index (χ1) is 13.9. The first-order valence-corrected chi connectivity index (χ1v) is 11.7. The normalized spacial score (nSPS) is 14.0. The van der Waals surface area contributed by atoms with Crippen molar-refractivity contribution in [3.8, 4) is 0 Å². The smallest absolute Gasteiger partial charge is 0.253 e. The Morgan fingerprint density at radius 3 is 2.41 bits per heavy atom. The third-order valence-corrected chi connectivity index (χ3v) is 6.51. The number of hydrogen-bond acceptors (Lipinski definition) is 4. The molecule has 1 saturated heterocycles. The SMILES string of the molecule is O=C(CS(=O)(=O)CCCc1ccccc1)Nc1cccc(C(=O)N2CCCC2)c1. The largest absolute Gasteiger partial charge is 0.339 e. The molecule has 1 aliphatic heterocycles. The lowest BCUT2D eigenvalue weighted by atomic mass is 10.1. The number of carbonyl (C=O) groups excluding carboxylic acids is 2. The number of benzene rings is 2. The van der Waals surface area contributed by atoms with E-state index in [-0.39, 0.29) is 11.7 Å². The van der Waals surface area contributed by atoms with E-state index < -0.39 is 21.5 Å². The summed E-state index contributed by atoms with van der Waals surface area (Å²) in [5.41, 5.74) is 2.00. The maximum Gasteiger partial charge on any atom is 0.253 e. The van der Waals surface area contributed by atoms with Gasteiger partial charge in [-0.25, -0.2) is 8.42 Å². The Labute approximate surface area is 171 Å². The summed E-state index contributed by atoms with van der Waals surface area (Å²) in [6, 6.07) is 16.3. The van der Waals surface area contributed by atoms with Gasteiger partial charge in [-0.1, -0.05) is 36.4 Å². The molecule has 6 nitrogen and oxygen atoms in total. The van der Waals surface area contributed by atoms with E-state index in [0.29, 0.717) is 24.1 Å². The first-order valence-electron chi connectivity index (χ1n) is 9.86. The van der Waals surface area contributed by atoms with E-state index >= 15 is 0 Å². The molecule has 0 saturated carbocycles. The Balaban J connectivity index is 1.51. The fourth-order valence-corrected chi connectivity index (χ4v) is 4.64. The number of nitrogens with one attached hydrogen (secondary N) is 1. The van der Waals surface area contributed by atoms with Gasteiger partial charge < -0.3 is 10.2 Å². The van der Waals surface area contributed by atoms with Crippen molar-refractivity contribution < 1.29 is 18.0 Å². The summed E-state index contributed by atoms with van der Waals surface area (Å²) in [6.07, 6.45) is 3.14. The zero-order valence-electron chi connectivity index (χ0n) is 16.3. The third kappa shape index (κ3) is 6.42. The van der Waals surface area contributed by atoms with Gasteiger partial charge in [0, 0.05) is 24.3 Å². The van der Waals surface area contributed by atoms with E-state index in [4.69, 9.17) is 0 Å². The molecule has 3 rings (SSSR count). The van der Waals surface area contributed by atoms with Crippen molar-refractivity contribution in [2.24, 2.45) is 0 Å². The summed E-state index contributed by atoms with van der Waals surface area (Å²) in [6.45, 7) is 1.49. The number of amides is 2. The summed E-state index contributed by atoms with van der Waals surface area (Å²) in [7, 11) is -3.50. The van der Waals surface area contributed by atoms with Crippen LogP contribution in [0.4, 0.5) is 5.69 Å². The Morgan fingerprint density at radius 1 is 0.966 bits per heavy atom. The maximum absolute atomic E-state index is 12.5. The summed E-state index contributed by atoms with van der Waals surface area (Å²) in [5, 5.41) is 2.60. The second kappa shape index (κ2) is 9.69. The highest BCUT2D eigenvalue weighted by molar-refractivity contribution is 7.92. The van der Waals surface area contributed by atoms with Crippen LogP contribution in [0.1, 0.15) is 35.2 Å². The average molecular weight is 415 g/mol. The Morgan fingerprint density at radius 2 is 1.69 bits per heavy atom. The van der Waals surface area contributed by atoms with Crippen LogP contribution in [-0.2, 0) is 21.1 Å². The van der Waals surface area contributed by atoms with Crippen molar-refractivity contribution in [1.82, 2.24) is 4.90 Å².